The molecule has 130 valence electrons. The van der Waals surface area contributed by atoms with Gasteiger partial charge in [-0.05, 0) is 0 Å². The highest BCUT2D eigenvalue weighted by atomic mass is 31.1. The van der Waals surface area contributed by atoms with Crippen LogP contribution < -0.4 is 17.0 Å². The molecule has 3 rings (SSSR count). The zero-order valence-electron chi connectivity index (χ0n) is 11.8. The zero-order chi connectivity index (χ0) is 17.6. The quantitative estimate of drug-likeness (QED) is 0.310. The predicted octanol–water partition coefficient (Wildman–Crippen LogP) is -2.72. The van der Waals surface area contributed by atoms with Gasteiger partial charge in [0.2, 0.25) is 5.95 Å². The van der Waals surface area contributed by atoms with E-state index < -0.39 is 50.7 Å². The van der Waals surface area contributed by atoms with Crippen molar-refractivity contribution in [3.05, 3.63) is 20.8 Å². The van der Waals surface area contributed by atoms with Gasteiger partial charge in [-0.1, -0.05) is 0 Å². The van der Waals surface area contributed by atoms with Crippen LogP contribution >= 0.6 is 8.25 Å². The fourth-order valence-corrected chi connectivity index (χ4v) is 2.76. The highest BCUT2D eigenvalue weighted by Crippen LogP contribution is 2.31. The summed E-state index contributed by atoms with van der Waals surface area (Å²) in [5, 5.41) is 20.0. The smallest absolute Gasteiger partial charge is 0.387 e. The van der Waals surface area contributed by atoms with Crippen LogP contribution in [0.2, 0.25) is 0 Å². The van der Waals surface area contributed by atoms with Crippen molar-refractivity contribution in [1.82, 2.24) is 19.5 Å². The fourth-order valence-electron chi connectivity index (χ4n) is 2.48. The summed E-state index contributed by atoms with van der Waals surface area (Å²) < 4.78 is 21.2. The number of nitrogens with zero attached hydrogens (tertiary/aromatic N) is 2. The molecule has 13 nitrogen and oxygen atoms in total. The number of aliphatic hydroxyl groups is 2. The van der Waals surface area contributed by atoms with Crippen LogP contribution in [0.1, 0.15) is 6.23 Å². The molecule has 0 aromatic carbocycles. The van der Waals surface area contributed by atoms with Crippen LogP contribution in [0.4, 0.5) is 5.95 Å². The van der Waals surface area contributed by atoms with Crippen LogP contribution in [0.5, 0.6) is 0 Å². The van der Waals surface area contributed by atoms with Crippen LogP contribution in [-0.2, 0) is 13.8 Å². The van der Waals surface area contributed by atoms with Gasteiger partial charge in [-0.2, -0.15) is 4.98 Å². The minimum absolute atomic E-state index is 0.174. The van der Waals surface area contributed by atoms with E-state index in [1.807, 2.05) is 0 Å². The monoisotopic (exact) mass is 362 g/mol. The number of nitrogens with one attached hydrogen (secondary N) is 2. The number of nitrogens with two attached hydrogens (primary N) is 1. The predicted molar refractivity (Wildman–Crippen MR) is 77.1 cm³/mol. The Morgan fingerprint density at radius 3 is 2.71 bits per heavy atom. The molecule has 14 heteroatoms. The first kappa shape index (κ1) is 16.7. The number of imidazole rings is 1. The van der Waals surface area contributed by atoms with Crippen LogP contribution in [0.3, 0.4) is 0 Å². The molecule has 24 heavy (non-hydrogen) atoms. The van der Waals surface area contributed by atoms with Gasteiger partial charge in [-0.15, -0.1) is 9.42 Å². The molecule has 0 spiro atoms. The van der Waals surface area contributed by atoms with Gasteiger partial charge in [0, 0.05) is 4.57 Å². The summed E-state index contributed by atoms with van der Waals surface area (Å²) >= 11 is 0. The molecule has 0 aliphatic carbocycles. The van der Waals surface area contributed by atoms with Crippen molar-refractivity contribution >= 4 is 25.4 Å². The lowest BCUT2D eigenvalue weighted by Crippen LogP contribution is -2.35. The first-order chi connectivity index (χ1) is 11.3. The maximum absolute atomic E-state index is 12.1. The van der Waals surface area contributed by atoms with Crippen molar-refractivity contribution in [3.63, 3.8) is 0 Å². The molecule has 1 fully saturated rings. The number of hydrogen-bond acceptors (Lipinski definition) is 9. The number of nitrogen functional groups attached to an aromatic ring is 1. The summed E-state index contributed by atoms with van der Waals surface area (Å²) in [5.41, 5.74) is 3.57. The first-order valence-corrected chi connectivity index (χ1v) is 7.73. The number of hydrogen-bond donors (Lipinski definition) is 6. The Kier molecular flexibility index (Phi) is 4.21. The average molecular weight is 362 g/mol. The Labute approximate surface area is 132 Å². The zero-order valence-corrected chi connectivity index (χ0v) is 12.7. The van der Waals surface area contributed by atoms with Crippen molar-refractivity contribution in [3.8, 4) is 0 Å². The number of aromatic nitrogens is 4. The summed E-state index contributed by atoms with van der Waals surface area (Å²) in [4.78, 5) is 40.8. The third kappa shape index (κ3) is 2.73. The van der Waals surface area contributed by atoms with E-state index in [1.54, 1.807) is 0 Å². The van der Waals surface area contributed by atoms with Crippen molar-refractivity contribution in [1.29, 1.82) is 0 Å². The molecule has 0 radical (unpaired) electrons. The molecule has 5 atom stereocenters. The number of anilines is 1. The van der Waals surface area contributed by atoms with Gasteiger partial charge in [0.05, 0.1) is 0 Å². The van der Waals surface area contributed by atoms with E-state index in [0.29, 0.717) is 0 Å². The van der Waals surface area contributed by atoms with E-state index in [9.17, 15) is 24.4 Å². The Morgan fingerprint density at radius 1 is 1.33 bits per heavy atom. The molecule has 1 saturated heterocycles. The third-order valence-electron chi connectivity index (χ3n) is 3.54. The number of aromatic amines is 2. The van der Waals surface area contributed by atoms with Crippen LogP contribution in [-0.4, -0.2) is 59.5 Å². The maximum atomic E-state index is 12.1. The molecular weight excluding hydrogens is 349 g/mol. The number of aliphatic hydroxyl groups excluding tert-OH is 2. The van der Waals surface area contributed by atoms with E-state index >= 15 is 0 Å². The van der Waals surface area contributed by atoms with Gasteiger partial charge in [-0.3, -0.25) is 14.8 Å². The topological polar surface area (TPSA) is 206 Å². The van der Waals surface area contributed by atoms with E-state index in [2.05, 4.69) is 19.5 Å². The first-order valence-electron chi connectivity index (χ1n) is 6.60. The number of fused-ring (bicyclic) bond motifs is 1. The lowest BCUT2D eigenvalue weighted by molar-refractivity contribution is -0.0491. The number of ether oxygens (including phenoxy) is 1. The Morgan fingerprint density at radius 2 is 2.04 bits per heavy atom. The minimum atomic E-state index is -2.92. The second kappa shape index (κ2) is 6.05. The van der Waals surface area contributed by atoms with Crippen molar-refractivity contribution in [2.24, 2.45) is 0 Å². The summed E-state index contributed by atoms with van der Waals surface area (Å²) in [7, 11) is -2.92. The summed E-state index contributed by atoms with van der Waals surface area (Å²) in [6, 6.07) is 0. The SMILES string of the molecule is Nc1nc2c([nH]c(=O)n2[C@@H]2O[C@H](CO[P+](=O)O)[C@@H](O)[C@H]2O)c(=O)[nH]1. The van der Waals surface area contributed by atoms with Gasteiger partial charge in [0.15, 0.2) is 17.4 Å². The van der Waals surface area contributed by atoms with Gasteiger partial charge < -0.3 is 20.7 Å². The molecule has 2 aromatic heterocycles. The highest BCUT2D eigenvalue weighted by molar-refractivity contribution is 7.32. The molecule has 0 bridgehead atoms. The van der Waals surface area contributed by atoms with Gasteiger partial charge >= 0.3 is 13.9 Å². The molecule has 1 aliphatic rings. The largest absolute Gasteiger partial charge is 0.694 e. The van der Waals surface area contributed by atoms with E-state index in [4.69, 9.17) is 15.4 Å². The molecule has 1 unspecified atom stereocenters. The van der Waals surface area contributed by atoms with Gasteiger partial charge in [-0.25, -0.2) is 9.36 Å². The van der Waals surface area contributed by atoms with Crippen molar-refractivity contribution in [2.45, 2.75) is 24.5 Å². The minimum Gasteiger partial charge on any atom is -0.387 e. The third-order valence-corrected chi connectivity index (χ3v) is 3.91. The molecular formula is C10H13N5O8P+. The molecule has 0 amide bonds. The van der Waals surface area contributed by atoms with Crippen LogP contribution in [0.15, 0.2) is 9.59 Å². The van der Waals surface area contributed by atoms with E-state index in [0.717, 1.165) is 4.57 Å². The Bertz CT molecular complexity index is 905. The average Bonchev–Trinajstić information content (AvgIpc) is 2.96. The molecule has 7 N–H and O–H groups in total. The van der Waals surface area contributed by atoms with Crippen LogP contribution in [0.25, 0.3) is 11.2 Å². The lowest BCUT2D eigenvalue weighted by atomic mass is 10.1. The molecule has 3 heterocycles. The maximum Gasteiger partial charge on any atom is 0.694 e. The van der Waals surface area contributed by atoms with Crippen molar-refractivity contribution in [2.75, 3.05) is 12.3 Å². The standard InChI is InChI=1S/C10H12N5O8P/c11-9-13-6-3(7(18)14-9)12-10(19)15(6)8-5(17)4(16)2(23-8)1-22-24(20)21/h2,4-5,8,16-17H,1H2,(H4-,11,12,13,14,18,19,20,21)/p+1/t2-,4-,5-,8-/m1/s1. The van der Waals surface area contributed by atoms with Gasteiger partial charge in [0.25, 0.3) is 5.56 Å². The van der Waals surface area contributed by atoms with Gasteiger partial charge in [0.1, 0.15) is 24.9 Å². The lowest BCUT2D eigenvalue weighted by Gasteiger charge is -2.15. The molecule has 1 aliphatic heterocycles. The Hall–Kier alpha value is -2.15. The summed E-state index contributed by atoms with van der Waals surface area (Å²) in [6.07, 6.45) is -5.65. The van der Waals surface area contributed by atoms with E-state index in [-0.39, 0.29) is 17.1 Å². The fraction of sp³-hybridized carbons (Fsp3) is 0.500. The summed E-state index contributed by atoms with van der Waals surface area (Å²) in [6.45, 7) is -0.492. The molecule has 0 saturated carbocycles. The Balaban J connectivity index is 2.01. The summed E-state index contributed by atoms with van der Waals surface area (Å²) in [5.74, 6) is -0.259. The second-order valence-corrected chi connectivity index (χ2v) is 5.76. The number of H-pyrrole nitrogens is 2. The number of rotatable bonds is 4. The molecule has 2 aromatic rings. The normalized spacial score (nSPS) is 27.7. The van der Waals surface area contributed by atoms with E-state index in [1.165, 1.54) is 0 Å². The van der Waals surface area contributed by atoms with Crippen LogP contribution in [0, 0.1) is 0 Å². The highest BCUT2D eigenvalue weighted by Gasteiger charge is 2.46. The van der Waals surface area contributed by atoms with Crippen molar-refractivity contribution < 1.29 is 28.9 Å². The second-order valence-electron chi connectivity index (χ2n) is 5.03.